The van der Waals surface area contributed by atoms with Crippen LogP contribution in [0.15, 0.2) is 59.1 Å². The van der Waals surface area contributed by atoms with E-state index in [0.717, 1.165) is 23.1 Å². The summed E-state index contributed by atoms with van der Waals surface area (Å²) >= 11 is 0.861. The van der Waals surface area contributed by atoms with Crippen LogP contribution >= 0.6 is 11.3 Å². The van der Waals surface area contributed by atoms with Gasteiger partial charge in [0.15, 0.2) is 0 Å². The Hall–Kier alpha value is -3.02. The van der Waals surface area contributed by atoms with Gasteiger partial charge >= 0.3 is 11.9 Å². The van der Waals surface area contributed by atoms with Gasteiger partial charge in [-0.2, -0.15) is 9.82 Å². The lowest BCUT2D eigenvalue weighted by Gasteiger charge is -2.15. The number of carboxylic acid groups (broad SMARTS) is 2. The van der Waals surface area contributed by atoms with E-state index in [1.165, 1.54) is 23.0 Å². The second kappa shape index (κ2) is 7.04. The number of hydrogen-bond donors (Lipinski definition) is 3. The quantitative estimate of drug-likeness (QED) is 0.504. The van der Waals surface area contributed by atoms with Crippen LogP contribution < -0.4 is 4.72 Å². The number of aromatic carboxylic acids is 1. The van der Waals surface area contributed by atoms with Crippen LogP contribution in [0.25, 0.3) is 5.00 Å². The van der Waals surface area contributed by atoms with E-state index in [2.05, 4.69) is 9.82 Å². The average Bonchev–Trinajstić information content (AvgIpc) is 3.14. The number of hydrogen-bond acceptors (Lipinski definition) is 6. The highest BCUT2D eigenvalue weighted by Gasteiger charge is 2.70. The van der Waals surface area contributed by atoms with E-state index in [1.807, 2.05) is 0 Å². The second-order valence-electron chi connectivity index (χ2n) is 7.03. The van der Waals surface area contributed by atoms with Crippen molar-refractivity contribution in [3.8, 4) is 5.00 Å². The van der Waals surface area contributed by atoms with E-state index >= 15 is 0 Å². The summed E-state index contributed by atoms with van der Waals surface area (Å²) in [4.78, 5) is 23.1. The summed E-state index contributed by atoms with van der Waals surface area (Å²) in [5, 5.41) is 23.2. The molecule has 9 nitrogen and oxygen atoms in total. The summed E-state index contributed by atoms with van der Waals surface area (Å²) in [7, 11) is -4.14. The highest BCUT2D eigenvalue weighted by Crippen LogP contribution is 2.58. The summed E-state index contributed by atoms with van der Waals surface area (Å²) < 4.78 is 29.5. The fraction of sp³-hybridized carbons (Fsp3) is 0.211. The van der Waals surface area contributed by atoms with Gasteiger partial charge in [0, 0.05) is 12.1 Å². The predicted molar refractivity (Wildman–Crippen MR) is 107 cm³/mol. The van der Waals surface area contributed by atoms with Gasteiger partial charge in [0.05, 0.1) is 11.8 Å². The Kier molecular flexibility index (Phi) is 4.76. The number of aromatic nitrogens is 2. The maximum atomic E-state index is 13.0. The molecule has 1 fully saturated rings. The van der Waals surface area contributed by atoms with Crippen LogP contribution in [0.1, 0.15) is 28.8 Å². The molecule has 0 unspecified atom stereocenters. The highest BCUT2D eigenvalue weighted by molar-refractivity contribution is 7.91. The molecule has 2 aromatic heterocycles. The number of nitrogens with one attached hydrogen (secondary N) is 1. The number of carboxylic acids is 2. The second-order valence-corrected chi connectivity index (χ2v) is 10.00. The van der Waals surface area contributed by atoms with Gasteiger partial charge < -0.3 is 10.2 Å². The lowest BCUT2D eigenvalue weighted by atomic mass is 10.1. The molecular formula is C19H17N3O6S2. The number of carbonyl (C=O) groups is 2. The first-order valence-electron chi connectivity index (χ1n) is 8.87. The largest absolute Gasteiger partial charge is 0.480 e. The van der Waals surface area contributed by atoms with Crippen molar-refractivity contribution >= 4 is 33.3 Å². The van der Waals surface area contributed by atoms with Gasteiger partial charge in [0.25, 0.3) is 10.0 Å². The first-order valence-corrected chi connectivity index (χ1v) is 11.2. The van der Waals surface area contributed by atoms with Crippen molar-refractivity contribution in [3.63, 3.8) is 0 Å². The SMILES string of the molecule is C[C@@H]1[C@@H](c2ccccc2)[C@]1(NS(=O)(=O)c1ccc(-n2cc(C(=O)O)cn2)s1)C(=O)O. The third kappa shape index (κ3) is 3.20. The minimum atomic E-state index is -4.14. The van der Waals surface area contributed by atoms with Gasteiger partial charge in [-0.15, -0.1) is 11.3 Å². The van der Waals surface area contributed by atoms with E-state index in [0.29, 0.717) is 5.00 Å². The minimum Gasteiger partial charge on any atom is -0.480 e. The minimum absolute atomic E-state index is 0.0340. The van der Waals surface area contributed by atoms with Crippen molar-refractivity contribution in [1.29, 1.82) is 0 Å². The van der Waals surface area contributed by atoms with Crippen molar-refractivity contribution in [2.75, 3.05) is 0 Å². The Morgan fingerprint density at radius 3 is 2.47 bits per heavy atom. The van der Waals surface area contributed by atoms with Gasteiger partial charge in [0.2, 0.25) is 0 Å². The Balaban J connectivity index is 1.63. The molecule has 1 aliphatic rings. The smallest absolute Gasteiger partial charge is 0.338 e. The molecule has 1 saturated carbocycles. The van der Waals surface area contributed by atoms with Gasteiger partial charge in [-0.25, -0.2) is 17.9 Å². The van der Waals surface area contributed by atoms with Crippen LogP contribution in [0, 0.1) is 5.92 Å². The van der Waals surface area contributed by atoms with Crippen molar-refractivity contribution in [2.45, 2.75) is 22.6 Å². The van der Waals surface area contributed by atoms with Crippen molar-refractivity contribution in [2.24, 2.45) is 5.92 Å². The fourth-order valence-corrected chi connectivity index (χ4v) is 6.39. The summed E-state index contributed by atoms with van der Waals surface area (Å²) in [6.45, 7) is 1.70. The molecule has 2 heterocycles. The van der Waals surface area contributed by atoms with Crippen LogP contribution in [0.4, 0.5) is 0 Å². The molecule has 0 bridgehead atoms. The first-order chi connectivity index (χ1) is 14.2. The lowest BCUT2D eigenvalue weighted by molar-refractivity contribution is -0.140. The van der Waals surface area contributed by atoms with E-state index in [4.69, 9.17) is 5.11 Å². The maximum absolute atomic E-state index is 13.0. The average molecular weight is 447 g/mol. The van der Waals surface area contributed by atoms with E-state index < -0.39 is 39.3 Å². The van der Waals surface area contributed by atoms with Crippen LogP contribution in [-0.4, -0.2) is 45.9 Å². The number of nitrogens with zero attached hydrogens (tertiary/aromatic N) is 2. The Morgan fingerprint density at radius 1 is 1.17 bits per heavy atom. The molecule has 156 valence electrons. The van der Waals surface area contributed by atoms with Gasteiger partial charge in [-0.1, -0.05) is 37.3 Å². The first kappa shape index (κ1) is 20.3. The van der Waals surface area contributed by atoms with E-state index in [9.17, 15) is 23.1 Å². The normalized spacial score (nSPS) is 23.2. The van der Waals surface area contributed by atoms with E-state index in [1.54, 1.807) is 37.3 Å². The van der Waals surface area contributed by atoms with Gasteiger partial charge in [-0.3, -0.25) is 4.79 Å². The summed E-state index contributed by atoms with van der Waals surface area (Å²) in [5.74, 6) is -3.31. The molecule has 0 amide bonds. The van der Waals surface area contributed by atoms with Crippen LogP contribution in [0.5, 0.6) is 0 Å². The highest BCUT2D eigenvalue weighted by atomic mass is 32.2. The molecule has 0 saturated heterocycles. The van der Waals surface area contributed by atoms with Crippen LogP contribution in [0.3, 0.4) is 0 Å². The lowest BCUT2D eigenvalue weighted by Crippen LogP contribution is -2.45. The van der Waals surface area contributed by atoms with Crippen molar-refractivity contribution in [3.05, 3.63) is 66.0 Å². The number of rotatable bonds is 7. The number of aliphatic carboxylic acids is 1. The third-order valence-electron chi connectivity index (χ3n) is 5.30. The predicted octanol–water partition coefficient (Wildman–Crippen LogP) is 2.17. The number of thiophene rings is 1. The molecular weight excluding hydrogens is 430 g/mol. The summed E-state index contributed by atoms with van der Waals surface area (Å²) in [6.07, 6.45) is 2.43. The zero-order valence-electron chi connectivity index (χ0n) is 15.6. The van der Waals surface area contributed by atoms with Crippen molar-refractivity contribution < 1.29 is 28.2 Å². The molecule has 3 N–H and O–H groups in total. The van der Waals surface area contributed by atoms with Gasteiger partial charge in [0.1, 0.15) is 14.7 Å². The zero-order valence-corrected chi connectivity index (χ0v) is 17.2. The molecule has 4 rings (SSSR count). The number of sulfonamides is 1. The maximum Gasteiger partial charge on any atom is 0.338 e. The van der Waals surface area contributed by atoms with Crippen molar-refractivity contribution in [1.82, 2.24) is 14.5 Å². The zero-order chi connectivity index (χ0) is 21.7. The third-order valence-corrected chi connectivity index (χ3v) is 8.35. The molecule has 11 heteroatoms. The standard InChI is InChI=1S/C19H17N3O6S2/c1-11-16(12-5-3-2-4-6-12)19(11,18(25)26)21-30(27,28)15-8-7-14(29-15)22-10-13(9-20-22)17(23)24/h2-11,16,21H,1H3,(H,23,24)(H,25,26)/t11-,16+,19+/m1/s1. The Bertz CT molecular complexity index is 1230. The summed E-state index contributed by atoms with van der Waals surface area (Å²) in [6, 6.07) is 11.7. The molecule has 30 heavy (non-hydrogen) atoms. The Morgan fingerprint density at radius 2 is 1.87 bits per heavy atom. The number of benzene rings is 1. The van der Waals surface area contributed by atoms with Crippen LogP contribution in [0.2, 0.25) is 0 Å². The monoisotopic (exact) mass is 447 g/mol. The van der Waals surface area contributed by atoms with E-state index in [-0.39, 0.29) is 9.77 Å². The Labute approximate surface area is 175 Å². The molecule has 0 aliphatic heterocycles. The molecule has 1 aromatic carbocycles. The molecule has 1 aliphatic carbocycles. The summed E-state index contributed by atoms with van der Waals surface area (Å²) in [5.41, 5.74) is -0.917. The molecule has 3 aromatic rings. The van der Waals surface area contributed by atoms with Gasteiger partial charge in [-0.05, 0) is 23.6 Å². The molecule has 0 radical (unpaired) electrons. The van der Waals surface area contributed by atoms with Crippen LogP contribution in [-0.2, 0) is 14.8 Å². The fourth-order valence-electron chi connectivity index (χ4n) is 3.71. The topological polar surface area (TPSA) is 139 Å². The molecule has 3 atom stereocenters. The molecule has 0 spiro atoms.